The van der Waals surface area contributed by atoms with Crippen molar-refractivity contribution in [2.24, 2.45) is 0 Å². The van der Waals surface area contributed by atoms with Gasteiger partial charge < -0.3 is 10.1 Å². The summed E-state index contributed by atoms with van der Waals surface area (Å²) in [6.07, 6.45) is 2.05. The molecule has 2 N–H and O–H groups in total. The van der Waals surface area contributed by atoms with Crippen molar-refractivity contribution in [3.63, 3.8) is 0 Å². The van der Waals surface area contributed by atoms with Crippen LogP contribution in [0.1, 0.15) is 27.5 Å². The number of carbonyl (C=O) groups excluding carboxylic acids is 1. The minimum Gasteiger partial charge on any atom is -0.497 e. The van der Waals surface area contributed by atoms with Crippen LogP contribution in [0.5, 0.6) is 5.75 Å². The molecule has 1 amide bonds. The Kier molecular flexibility index (Phi) is 7.31. The zero-order chi connectivity index (χ0) is 23.7. The first-order valence-electron chi connectivity index (χ1n) is 10.4. The topological polar surface area (TPSA) is 81.1 Å². The van der Waals surface area contributed by atoms with Gasteiger partial charge >= 0.3 is 0 Å². The molecule has 7 nitrogen and oxygen atoms in total. The van der Waals surface area contributed by atoms with Crippen LogP contribution >= 0.6 is 35.6 Å². The van der Waals surface area contributed by atoms with E-state index in [1.807, 2.05) is 48.5 Å². The van der Waals surface area contributed by atoms with E-state index in [4.69, 9.17) is 27.9 Å². The van der Waals surface area contributed by atoms with Crippen LogP contribution in [0.4, 0.5) is 11.9 Å². The molecule has 0 spiro atoms. The summed E-state index contributed by atoms with van der Waals surface area (Å²) in [6.45, 7) is 0. The molecule has 4 aromatic rings. The number of allylic oxidation sites excluding steroid dienone is 1. The molecule has 1 aliphatic heterocycles. The smallest absolute Gasteiger partial charge is 0.258 e. The van der Waals surface area contributed by atoms with E-state index in [0.29, 0.717) is 21.6 Å². The summed E-state index contributed by atoms with van der Waals surface area (Å²) < 4.78 is 7.03. The number of nitrogens with zero attached hydrogens (tertiary/aromatic N) is 3. The average Bonchev–Trinajstić information content (AvgIpc) is 3.26. The Morgan fingerprint density at radius 2 is 1.60 bits per heavy atom. The highest BCUT2D eigenvalue weighted by Crippen LogP contribution is 2.34. The van der Waals surface area contributed by atoms with Gasteiger partial charge in [-0.25, -0.2) is 4.68 Å². The monoisotopic (exact) mass is 527 g/mol. The van der Waals surface area contributed by atoms with Gasteiger partial charge in [-0.2, -0.15) is 4.98 Å². The third-order valence-corrected chi connectivity index (χ3v) is 5.91. The summed E-state index contributed by atoms with van der Waals surface area (Å²) in [7, 11) is 1.63. The highest BCUT2D eigenvalue weighted by molar-refractivity contribution is 6.31. The summed E-state index contributed by atoms with van der Waals surface area (Å²) in [5.74, 6) is 1.12. The van der Waals surface area contributed by atoms with E-state index >= 15 is 0 Å². The fraction of sp³-hybridized carbons (Fsp3) is 0.0800. The quantitative estimate of drug-likeness (QED) is 0.317. The predicted octanol–water partition coefficient (Wildman–Crippen LogP) is 6.32. The predicted molar refractivity (Wildman–Crippen MR) is 141 cm³/mol. The number of amides is 1. The van der Waals surface area contributed by atoms with E-state index in [1.165, 1.54) is 0 Å². The third kappa shape index (κ3) is 5.27. The second-order valence-electron chi connectivity index (χ2n) is 7.59. The average molecular weight is 529 g/mol. The SMILES string of the molecule is COc1ccc(C2C=C(c3ccc(Cl)cc3)Nc3nc(NC(=O)c4ccc(Cl)cc4)nn32)cc1.Cl. The minimum atomic E-state index is -0.327. The van der Waals surface area contributed by atoms with E-state index in [9.17, 15) is 4.79 Å². The normalized spacial score (nSPS) is 14.1. The highest BCUT2D eigenvalue weighted by Gasteiger charge is 2.26. The van der Waals surface area contributed by atoms with Crippen LogP contribution < -0.4 is 15.4 Å². The van der Waals surface area contributed by atoms with Crippen molar-refractivity contribution in [2.75, 3.05) is 17.7 Å². The number of carbonyl (C=O) groups is 1. The molecule has 1 unspecified atom stereocenters. The van der Waals surface area contributed by atoms with Crippen LogP contribution in [0.3, 0.4) is 0 Å². The molecule has 2 heterocycles. The fourth-order valence-corrected chi connectivity index (χ4v) is 3.91. The molecule has 0 saturated carbocycles. The van der Waals surface area contributed by atoms with Gasteiger partial charge in [0.1, 0.15) is 11.8 Å². The van der Waals surface area contributed by atoms with Gasteiger partial charge in [0.05, 0.1) is 7.11 Å². The molecule has 1 aromatic heterocycles. The first-order chi connectivity index (χ1) is 16.5. The van der Waals surface area contributed by atoms with Crippen molar-refractivity contribution in [2.45, 2.75) is 6.04 Å². The first-order valence-corrected chi connectivity index (χ1v) is 11.2. The molecule has 0 bridgehead atoms. The molecular weight excluding hydrogens is 509 g/mol. The van der Waals surface area contributed by atoms with Crippen molar-refractivity contribution in [3.8, 4) is 5.75 Å². The molecule has 10 heteroatoms. The van der Waals surface area contributed by atoms with Gasteiger partial charge in [0.15, 0.2) is 0 Å². The van der Waals surface area contributed by atoms with Crippen molar-refractivity contribution in [1.82, 2.24) is 14.8 Å². The molecule has 35 heavy (non-hydrogen) atoms. The molecule has 178 valence electrons. The van der Waals surface area contributed by atoms with Crippen LogP contribution in [-0.2, 0) is 0 Å². The van der Waals surface area contributed by atoms with E-state index in [1.54, 1.807) is 36.1 Å². The van der Waals surface area contributed by atoms with Gasteiger partial charge in [0.2, 0.25) is 5.95 Å². The van der Waals surface area contributed by atoms with Gasteiger partial charge in [0, 0.05) is 21.3 Å². The van der Waals surface area contributed by atoms with Gasteiger partial charge in [-0.1, -0.05) is 47.5 Å². The van der Waals surface area contributed by atoms with Gasteiger partial charge in [-0.15, -0.1) is 17.5 Å². The standard InChI is InChI=1S/C25H19Cl2N5O2.ClH/c1-34-20-12-6-16(7-13-20)22-14-21(15-2-8-18(26)9-3-15)28-25-30-24(31-32(22)25)29-23(33)17-4-10-19(27)11-5-17;/h2-14,22H,1H3,(H2,28,29,30,31,33);1H. The third-order valence-electron chi connectivity index (χ3n) is 5.41. The lowest BCUT2D eigenvalue weighted by molar-refractivity contribution is 0.102. The first kappa shape index (κ1) is 24.6. The molecule has 0 radical (unpaired) electrons. The lowest BCUT2D eigenvalue weighted by Crippen LogP contribution is -2.20. The molecule has 1 aliphatic rings. The van der Waals surface area contributed by atoms with Crippen molar-refractivity contribution in [3.05, 3.63) is 106 Å². The van der Waals surface area contributed by atoms with Gasteiger partial charge in [-0.3, -0.25) is 10.1 Å². The van der Waals surface area contributed by atoms with Crippen LogP contribution in [0, 0.1) is 0 Å². The molecule has 5 rings (SSSR count). The molecule has 0 fully saturated rings. The lowest BCUT2D eigenvalue weighted by Gasteiger charge is -2.24. The number of benzene rings is 3. The number of ether oxygens (including phenoxy) is 1. The number of rotatable bonds is 5. The number of methoxy groups -OCH3 is 1. The van der Waals surface area contributed by atoms with Crippen molar-refractivity contribution < 1.29 is 9.53 Å². The summed E-state index contributed by atoms with van der Waals surface area (Å²) in [5, 5.41) is 11.8. The lowest BCUT2D eigenvalue weighted by atomic mass is 10.0. The summed E-state index contributed by atoms with van der Waals surface area (Å²) in [5.41, 5.74) is 3.24. The van der Waals surface area contributed by atoms with Crippen LogP contribution in [0.15, 0.2) is 78.9 Å². The largest absolute Gasteiger partial charge is 0.497 e. The molecule has 1 atom stereocenters. The second kappa shape index (κ2) is 10.4. The molecule has 3 aromatic carbocycles. The molecule has 0 saturated heterocycles. The number of nitrogens with one attached hydrogen (secondary N) is 2. The number of anilines is 2. The summed E-state index contributed by atoms with van der Waals surface area (Å²) in [6, 6.07) is 21.6. The van der Waals surface area contributed by atoms with Crippen LogP contribution in [0.25, 0.3) is 5.70 Å². The summed E-state index contributed by atoms with van der Waals surface area (Å²) in [4.78, 5) is 17.2. The maximum absolute atomic E-state index is 12.7. The number of hydrogen-bond acceptors (Lipinski definition) is 5. The maximum Gasteiger partial charge on any atom is 0.258 e. The highest BCUT2D eigenvalue weighted by atomic mass is 35.5. The Bertz CT molecular complexity index is 1370. The maximum atomic E-state index is 12.7. The minimum absolute atomic E-state index is 0. The van der Waals surface area contributed by atoms with E-state index < -0.39 is 0 Å². The van der Waals surface area contributed by atoms with Gasteiger partial charge in [0.25, 0.3) is 11.9 Å². The Morgan fingerprint density at radius 1 is 0.971 bits per heavy atom. The Labute approximate surface area is 218 Å². The molecular formula is C25H20Cl3N5O2. The fourth-order valence-electron chi connectivity index (χ4n) is 3.66. The van der Waals surface area contributed by atoms with Gasteiger partial charge in [-0.05, 0) is 65.7 Å². The Hall–Kier alpha value is -3.52. The Balaban J connectivity index is 0.00000289. The Morgan fingerprint density at radius 3 is 2.23 bits per heavy atom. The van der Waals surface area contributed by atoms with E-state index in [0.717, 1.165) is 22.6 Å². The zero-order valence-electron chi connectivity index (χ0n) is 18.4. The number of hydrogen-bond donors (Lipinski definition) is 2. The van der Waals surface area contributed by atoms with Crippen LogP contribution in [0.2, 0.25) is 10.0 Å². The van der Waals surface area contributed by atoms with Crippen LogP contribution in [-0.4, -0.2) is 27.8 Å². The summed E-state index contributed by atoms with van der Waals surface area (Å²) >= 11 is 12.0. The number of fused-ring (bicyclic) bond motifs is 1. The van der Waals surface area contributed by atoms with Crippen molar-refractivity contribution in [1.29, 1.82) is 0 Å². The van der Waals surface area contributed by atoms with E-state index in [-0.39, 0.29) is 30.3 Å². The number of halogens is 3. The van der Waals surface area contributed by atoms with E-state index in [2.05, 4.69) is 26.8 Å². The number of aromatic nitrogens is 3. The second-order valence-corrected chi connectivity index (χ2v) is 8.47. The zero-order valence-corrected chi connectivity index (χ0v) is 20.7. The molecule has 0 aliphatic carbocycles. The van der Waals surface area contributed by atoms with Crippen molar-refractivity contribution >= 4 is 59.1 Å².